The van der Waals surface area contributed by atoms with Crippen molar-refractivity contribution in [1.82, 2.24) is 16.0 Å². The SMILES string of the molecule is NCCCCC(N)C(=O)NCC(=O)NC(CCCN=C(N)N)C(=O)NC(CC(=O)O)C(=O)O. The average Bonchev–Trinajstić information content (AvgIpc) is 2.72. The first-order chi connectivity index (χ1) is 15.5. The van der Waals surface area contributed by atoms with Gasteiger partial charge in [-0.2, -0.15) is 0 Å². The number of nitrogens with zero attached hydrogens (tertiary/aromatic N) is 1. The quantitative estimate of drug-likeness (QED) is 0.0558. The van der Waals surface area contributed by atoms with Crippen LogP contribution in [-0.2, 0) is 24.0 Å². The molecule has 0 aromatic carbocycles. The van der Waals surface area contributed by atoms with Crippen LogP contribution in [0, 0.1) is 0 Å². The molecule has 0 spiro atoms. The normalized spacial score (nSPS) is 13.2. The van der Waals surface area contributed by atoms with Crippen LogP contribution in [0.4, 0.5) is 0 Å². The molecule has 0 aliphatic carbocycles. The van der Waals surface area contributed by atoms with Gasteiger partial charge in [0, 0.05) is 6.54 Å². The van der Waals surface area contributed by atoms with E-state index in [0.29, 0.717) is 25.8 Å². The fraction of sp³-hybridized carbons (Fsp3) is 0.667. The van der Waals surface area contributed by atoms with Crippen LogP contribution in [0.15, 0.2) is 4.99 Å². The molecule has 3 atom stereocenters. The molecule has 15 heteroatoms. The average molecular weight is 475 g/mol. The van der Waals surface area contributed by atoms with E-state index in [9.17, 15) is 24.0 Å². The summed E-state index contributed by atoms with van der Waals surface area (Å²) in [6.07, 6.45) is 1.15. The highest BCUT2D eigenvalue weighted by Gasteiger charge is 2.28. The van der Waals surface area contributed by atoms with Crippen LogP contribution in [0.25, 0.3) is 0 Å². The van der Waals surface area contributed by atoms with Crippen molar-refractivity contribution in [2.75, 3.05) is 19.6 Å². The maximum absolute atomic E-state index is 12.5. The topological polar surface area (TPSA) is 278 Å². The molecular weight excluding hydrogens is 440 g/mol. The van der Waals surface area contributed by atoms with Gasteiger partial charge in [-0.05, 0) is 32.2 Å². The van der Waals surface area contributed by atoms with Crippen LogP contribution in [-0.4, -0.2) is 83.6 Å². The van der Waals surface area contributed by atoms with Gasteiger partial charge in [0.25, 0.3) is 0 Å². The molecule has 0 aromatic heterocycles. The molecule has 0 bridgehead atoms. The lowest BCUT2D eigenvalue weighted by Crippen LogP contribution is -2.54. The number of rotatable bonds is 17. The first kappa shape index (κ1) is 29.5. The van der Waals surface area contributed by atoms with Crippen LogP contribution in [0.5, 0.6) is 0 Å². The summed E-state index contributed by atoms with van der Waals surface area (Å²) in [4.78, 5) is 62.5. The van der Waals surface area contributed by atoms with Crippen LogP contribution >= 0.6 is 0 Å². The molecule has 188 valence electrons. The fourth-order valence-corrected chi connectivity index (χ4v) is 2.60. The number of aliphatic carboxylic acids is 2. The minimum atomic E-state index is -1.70. The smallest absolute Gasteiger partial charge is 0.326 e. The fourth-order valence-electron chi connectivity index (χ4n) is 2.60. The summed E-state index contributed by atoms with van der Waals surface area (Å²) in [6, 6.07) is -3.74. The Labute approximate surface area is 190 Å². The van der Waals surface area contributed by atoms with E-state index in [1.807, 2.05) is 0 Å². The standard InChI is InChI=1S/C18H34N8O7/c19-6-2-1-4-10(20)15(30)24-9-13(27)25-11(5-3-7-23-18(21)22)16(31)26-12(17(32)33)8-14(28)29/h10-12H,1-9,19-20H2,(H,24,30)(H,25,27)(H,26,31)(H,28,29)(H,32,33)(H4,21,22,23). The molecule has 3 amide bonds. The largest absolute Gasteiger partial charge is 0.481 e. The monoisotopic (exact) mass is 474 g/mol. The Hall–Kier alpha value is -3.46. The number of unbranched alkanes of at least 4 members (excludes halogenated alkanes) is 1. The zero-order valence-corrected chi connectivity index (χ0v) is 18.3. The number of nitrogens with one attached hydrogen (secondary N) is 3. The Bertz CT molecular complexity index is 712. The van der Waals surface area contributed by atoms with Crippen LogP contribution in [0.1, 0.15) is 38.5 Å². The number of guanidine groups is 1. The highest BCUT2D eigenvalue weighted by molar-refractivity contribution is 5.93. The molecule has 3 unspecified atom stereocenters. The highest BCUT2D eigenvalue weighted by atomic mass is 16.4. The number of carbonyl (C=O) groups excluding carboxylic acids is 3. The molecule has 15 nitrogen and oxygen atoms in total. The van der Waals surface area contributed by atoms with Crippen LogP contribution < -0.4 is 38.9 Å². The summed E-state index contributed by atoms with van der Waals surface area (Å²) >= 11 is 0. The predicted molar refractivity (Wildman–Crippen MR) is 118 cm³/mol. The molecular formula is C18H34N8O7. The van der Waals surface area contributed by atoms with Gasteiger partial charge in [-0.1, -0.05) is 6.42 Å². The summed E-state index contributed by atoms with van der Waals surface area (Å²) in [5, 5.41) is 24.7. The van der Waals surface area contributed by atoms with E-state index in [-0.39, 0.29) is 25.3 Å². The second-order valence-electron chi connectivity index (χ2n) is 7.17. The Kier molecular flexibility index (Phi) is 14.5. The van der Waals surface area contributed by atoms with Crippen molar-refractivity contribution >= 4 is 35.6 Å². The Morgan fingerprint density at radius 1 is 0.879 bits per heavy atom. The van der Waals surface area contributed by atoms with E-state index in [0.717, 1.165) is 0 Å². The number of carboxylic acids is 2. The van der Waals surface area contributed by atoms with Crippen molar-refractivity contribution in [3.63, 3.8) is 0 Å². The van der Waals surface area contributed by atoms with Gasteiger partial charge >= 0.3 is 11.9 Å². The lowest BCUT2D eigenvalue weighted by molar-refractivity contribution is -0.147. The first-order valence-electron chi connectivity index (χ1n) is 10.3. The minimum absolute atomic E-state index is 0.0142. The molecule has 0 radical (unpaired) electrons. The number of carboxylic acid groups (broad SMARTS) is 2. The lowest BCUT2D eigenvalue weighted by atomic mass is 10.1. The zero-order valence-electron chi connectivity index (χ0n) is 18.3. The number of amides is 3. The second-order valence-corrected chi connectivity index (χ2v) is 7.17. The van der Waals surface area contributed by atoms with Gasteiger partial charge in [0.1, 0.15) is 12.1 Å². The zero-order chi connectivity index (χ0) is 25.4. The van der Waals surface area contributed by atoms with Crippen molar-refractivity contribution in [2.45, 2.75) is 56.7 Å². The Morgan fingerprint density at radius 2 is 1.55 bits per heavy atom. The molecule has 0 saturated carbocycles. The van der Waals surface area contributed by atoms with Crippen LogP contribution in [0.2, 0.25) is 0 Å². The van der Waals surface area contributed by atoms with Crippen molar-refractivity contribution in [3.05, 3.63) is 0 Å². The summed E-state index contributed by atoms with van der Waals surface area (Å²) in [7, 11) is 0. The summed E-state index contributed by atoms with van der Waals surface area (Å²) < 4.78 is 0. The number of carbonyl (C=O) groups is 5. The number of hydrogen-bond acceptors (Lipinski definition) is 8. The number of hydrogen-bond donors (Lipinski definition) is 9. The Morgan fingerprint density at radius 3 is 2.09 bits per heavy atom. The van der Waals surface area contributed by atoms with Crippen molar-refractivity contribution < 1.29 is 34.2 Å². The summed E-state index contributed by atoms with van der Waals surface area (Å²) in [5.74, 6) is -5.34. The molecule has 0 aliphatic rings. The first-order valence-corrected chi connectivity index (χ1v) is 10.3. The third-order valence-corrected chi connectivity index (χ3v) is 4.32. The van der Waals surface area contributed by atoms with Gasteiger partial charge < -0.3 is 49.1 Å². The van der Waals surface area contributed by atoms with Gasteiger partial charge in [-0.3, -0.25) is 24.2 Å². The molecule has 33 heavy (non-hydrogen) atoms. The third kappa shape index (κ3) is 14.3. The molecule has 0 aromatic rings. The highest BCUT2D eigenvalue weighted by Crippen LogP contribution is 2.02. The van der Waals surface area contributed by atoms with E-state index in [4.69, 9.17) is 33.1 Å². The molecule has 0 saturated heterocycles. The third-order valence-electron chi connectivity index (χ3n) is 4.32. The maximum atomic E-state index is 12.5. The van der Waals surface area contributed by atoms with E-state index >= 15 is 0 Å². The van der Waals surface area contributed by atoms with Crippen molar-refractivity contribution in [1.29, 1.82) is 0 Å². The summed E-state index contributed by atoms with van der Waals surface area (Å²) in [5.41, 5.74) is 21.6. The van der Waals surface area contributed by atoms with Gasteiger partial charge in [-0.25, -0.2) is 4.79 Å². The molecule has 0 rings (SSSR count). The van der Waals surface area contributed by atoms with E-state index in [2.05, 4.69) is 20.9 Å². The van der Waals surface area contributed by atoms with Gasteiger partial charge in [0.05, 0.1) is 19.0 Å². The summed E-state index contributed by atoms with van der Waals surface area (Å²) in [6.45, 7) is 0.130. The predicted octanol–water partition coefficient (Wildman–Crippen LogP) is -3.86. The minimum Gasteiger partial charge on any atom is -0.481 e. The number of nitrogens with two attached hydrogens (primary N) is 4. The number of aliphatic imine (C=N–C) groups is 1. The Balaban J connectivity index is 4.99. The van der Waals surface area contributed by atoms with Crippen molar-refractivity contribution in [3.8, 4) is 0 Å². The van der Waals surface area contributed by atoms with E-state index in [1.54, 1.807) is 0 Å². The van der Waals surface area contributed by atoms with Crippen LogP contribution in [0.3, 0.4) is 0 Å². The van der Waals surface area contributed by atoms with Crippen molar-refractivity contribution in [2.24, 2.45) is 27.9 Å². The molecule has 0 heterocycles. The van der Waals surface area contributed by atoms with Gasteiger partial charge in [0.15, 0.2) is 5.96 Å². The van der Waals surface area contributed by atoms with E-state index in [1.165, 1.54) is 0 Å². The van der Waals surface area contributed by atoms with E-state index < -0.39 is 60.8 Å². The molecule has 0 fully saturated rings. The van der Waals surface area contributed by atoms with Gasteiger partial charge in [-0.15, -0.1) is 0 Å². The molecule has 0 aliphatic heterocycles. The molecule has 13 N–H and O–H groups in total. The second kappa shape index (κ2) is 16.2. The maximum Gasteiger partial charge on any atom is 0.326 e. The van der Waals surface area contributed by atoms with Gasteiger partial charge in [0.2, 0.25) is 17.7 Å². The lowest BCUT2D eigenvalue weighted by Gasteiger charge is -2.21.